The second kappa shape index (κ2) is 10.2. The summed E-state index contributed by atoms with van der Waals surface area (Å²) in [4.78, 5) is 0. The topological polar surface area (TPSA) is 30.5 Å². The number of nitrogens with one attached hydrogen (secondary N) is 1. The Balaban J connectivity index is 1.67. The smallest absolute Gasteiger partial charge is 0.180 e. The minimum atomic E-state index is 0.194. The molecule has 152 valence electrons. The number of benzene rings is 3. The lowest BCUT2D eigenvalue weighted by atomic mass is 10.1. The first-order valence-corrected chi connectivity index (χ1v) is 10.3. The third-order valence-corrected chi connectivity index (χ3v) is 5.48. The SMILES string of the molecule is COc1cc(CNCc2ccc(C)cc2)cc(Cl)c1OCc1c(Cl)cccc1Cl. The summed E-state index contributed by atoms with van der Waals surface area (Å²) in [6.45, 7) is 3.69. The predicted octanol–water partition coefficient (Wildman–Crippen LogP) is 6.83. The van der Waals surface area contributed by atoms with Gasteiger partial charge in [0, 0.05) is 28.7 Å². The quantitative estimate of drug-likeness (QED) is 0.408. The van der Waals surface area contributed by atoms with Crippen molar-refractivity contribution in [3.8, 4) is 11.5 Å². The van der Waals surface area contributed by atoms with Crippen molar-refractivity contribution in [3.63, 3.8) is 0 Å². The van der Waals surface area contributed by atoms with E-state index in [1.807, 2.05) is 12.1 Å². The van der Waals surface area contributed by atoms with Crippen LogP contribution in [0.4, 0.5) is 0 Å². The normalized spacial score (nSPS) is 10.8. The number of ether oxygens (including phenoxy) is 2. The third-order valence-electron chi connectivity index (χ3n) is 4.49. The molecular weight excluding hydrogens is 429 g/mol. The minimum absolute atomic E-state index is 0.194. The van der Waals surface area contributed by atoms with E-state index in [-0.39, 0.29) is 6.61 Å². The highest BCUT2D eigenvalue weighted by Crippen LogP contribution is 2.38. The van der Waals surface area contributed by atoms with Crippen LogP contribution in [0.5, 0.6) is 11.5 Å². The first-order chi connectivity index (χ1) is 14.0. The van der Waals surface area contributed by atoms with Gasteiger partial charge in [-0.1, -0.05) is 70.7 Å². The molecule has 0 atom stereocenters. The van der Waals surface area contributed by atoms with Crippen LogP contribution in [-0.4, -0.2) is 7.11 Å². The van der Waals surface area contributed by atoms with Gasteiger partial charge in [-0.15, -0.1) is 0 Å². The van der Waals surface area contributed by atoms with Crippen LogP contribution in [0.25, 0.3) is 0 Å². The molecule has 3 nitrogen and oxygen atoms in total. The maximum Gasteiger partial charge on any atom is 0.180 e. The molecule has 0 fully saturated rings. The number of aryl methyl sites for hydroxylation is 1. The molecule has 0 spiro atoms. The van der Waals surface area contributed by atoms with Crippen LogP contribution in [0.15, 0.2) is 54.6 Å². The van der Waals surface area contributed by atoms with Crippen LogP contribution < -0.4 is 14.8 Å². The molecule has 0 saturated carbocycles. The van der Waals surface area contributed by atoms with Crippen molar-refractivity contribution in [2.45, 2.75) is 26.6 Å². The molecule has 0 aromatic heterocycles. The van der Waals surface area contributed by atoms with Crippen molar-refractivity contribution in [2.75, 3.05) is 7.11 Å². The molecule has 0 amide bonds. The number of rotatable bonds is 8. The van der Waals surface area contributed by atoms with Gasteiger partial charge in [0.05, 0.1) is 12.1 Å². The number of hydrogen-bond donors (Lipinski definition) is 1. The second-order valence-corrected chi connectivity index (χ2v) is 7.91. The fourth-order valence-corrected chi connectivity index (χ4v) is 3.68. The van der Waals surface area contributed by atoms with E-state index >= 15 is 0 Å². The van der Waals surface area contributed by atoms with Crippen molar-refractivity contribution in [1.29, 1.82) is 0 Å². The Bertz CT molecular complexity index is 954. The van der Waals surface area contributed by atoms with Crippen molar-refractivity contribution < 1.29 is 9.47 Å². The summed E-state index contributed by atoms with van der Waals surface area (Å²) in [5.41, 5.74) is 4.18. The molecule has 0 aliphatic heterocycles. The maximum absolute atomic E-state index is 6.47. The van der Waals surface area contributed by atoms with Crippen LogP contribution in [0, 0.1) is 6.92 Å². The molecule has 0 radical (unpaired) electrons. The highest BCUT2D eigenvalue weighted by atomic mass is 35.5. The number of halogens is 3. The van der Waals surface area contributed by atoms with Gasteiger partial charge in [-0.3, -0.25) is 0 Å². The Hall–Kier alpha value is -1.91. The summed E-state index contributed by atoms with van der Waals surface area (Å²) in [7, 11) is 1.59. The Morgan fingerprint density at radius 1 is 0.828 bits per heavy atom. The second-order valence-electron chi connectivity index (χ2n) is 6.69. The first-order valence-electron chi connectivity index (χ1n) is 9.16. The fraction of sp³-hybridized carbons (Fsp3) is 0.217. The third kappa shape index (κ3) is 5.80. The molecule has 0 saturated heterocycles. The highest BCUT2D eigenvalue weighted by Gasteiger charge is 2.14. The minimum Gasteiger partial charge on any atom is -0.493 e. The monoisotopic (exact) mass is 449 g/mol. The van der Waals surface area contributed by atoms with E-state index in [0.29, 0.717) is 38.7 Å². The summed E-state index contributed by atoms with van der Waals surface area (Å²) < 4.78 is 11.4. The molecule has 0 unspecified atom stereocenters. The van der Waals surface area contributed by atoms with Crippen LogP contribution in [-0.2, 0) is 19.7 Å². The molecule has 3 aromatic rings. The van der Waals surface area contributed by atoms with Gasteiger partial charge in [-0.2, -0.15) is 0 Å². The van der Waals surface area contributed by atoms with Crippen molar-refractivity contribution >= 4 is 34.8 Å². The first kappa shape index (κ1) is 21.8. The van der Waals surface area contributed by atoms with Crippen molar-refractivity contribution in [2.24, 2.45) is 0 Å². The van der Waals surface area contributed by atoms with Crippen molar-refractivity contribution in [3.05, 3.63) is 91.9 Å². The van der Waals surface area contributed by atoms with E-state index in [1.165, 1.54) is 11.1 Å². The average molecular weight is 451 g/mol. The molecule has 0 aliphatic rings. The van der Waals surface area contributed by atoms with E-state index in [9.17, 15) is 0 Å². The summed E-state index contributed by atoms with van der Waals surface area (Å²) in [6, 6.07) is 17.6. The molecule has 6 heteroatoms. The van der Waals surface area contributed by atoms with E-state index < -0.39 is 0 Å². The molecule has 0 heterocycles. The molecule has 3 aromatic carbocycles. The molecule has 29 heavy (non-hydrogen) atoms. The van der Waals surface area contributed by atoms with Gasteiger partial charge < -0.3 is 14.8 Å². The van der Waals surface area contributed by atoms with Gasteiger partial charge in [0.1, 0.15) is 6.61 Å². The molecule has 1 N–H and O–H groups in total. The van der Waals surface area contributed by atoms with E-state index in [1.54, 1.807) is 25.3 Å². The Kier molecular flexibility index (Phi) is 7.68. The Labute approximate surface area is 186 Å². The standard InChI is InChI=1S/C23H22Cl3NO2/c1-15-6-8-16(9-7-15)12-27-13-17-10-21(26)23(22(11-17)28-2)29-14-18-19(24)4-3-5-20(18)25/h3-11,27H,12-14H2,1-2H3. The van der Waals surface area contributed by atoms with Crippen LogP contribution in [0.2, 0.25) is 15.1 Å². The summed E-state index contributed by atoms with van der Waals surface area (Å²) in [5, 5.41) is 4.98. The van der Waals surface area contributed by atoms with Gasteiger partial charge in [0.15, 0.2) is 11.5 Å². The van der Waals surface area contributed by atoms with Gasteiger partial charge in [-0.05, 0) is 42.3 Å². The lowest BCUT2D eigenvalue weighted by molar-refractivity contribution is 0.284. The molecule has 0 aliphatic carbocycles. The lowest BCUT2D eigenvalue weighted by Crippen LogP contribution is -2.13. The largest absolute Gasteiger partial charge is 0.493 e. The number of hydrogen-bond acceptors (Lipinski definition) is 3. The predicted molar refractivity (Wildman–Crippen MR) is 121 cm³/mol. The van der Waals surface area contributed by atoms with Gasteiger partial charge in [0.2, 0.25) is 0 Å². The Morgan fingerprint density at radius 3 is 2.14 bits per heavy atom. The summed E-state index contributed by atoms with van der Waals surface area (Å²) >= 11 is 18.9. The Morgan fingerprint density at radius 2 is 1.48 bits per heavy atom. The zero-order chi connectivity index (χ0) is 20.8. The van der Waals surface area contributed by atoms with Gasteiger partial charge >= 0.3 is 0 Å². The van der Waals surface area contributed by atoms with E-state index in [0.717, 1.165) is 12.1 Å². The van der Waals surface area contributed by atoms with Crippen LogP contribution in [0.3, 0.4) is 0 Å². The van der Waals surface area contributed by atoms with Gasteiger partial charge in [0.25, 0.3) is 0 Å². The zero-order valence-corrected chi connectivity index (χ0v) is 18.5. The molecular formula is C23H22Cl3NO2. The van der Waals surface area contributed by atoms with E-state index in [4.69, 9.17) is 44.3 Å². The zero-order valence-electron chi connectivity index (χ0n) is 16.3. The highest BCUT2D eigenvalue weighted by molar-refractivity contribution is 6.36. The van der Waals surface area contributed by atoms with Crippen molar-refractivity contribution in [1.82, 2.24) is 5.32 Å². The summed E-state index contributed by atoms with van der Waals surface area (Å²) in [6.07, 6.45) is 0. The fourth-order valence-electron chi connectivity index (χ4n) is 2.89. The molecule has 0 bridgehead atoms. The van der Waals surface area contributed by atoms with Crippen LogP contribution in [0.1, 0.15) is 22.3 Å². The molecule has 3 rings (SSSR count). The van der Waals surface area contributed by atoms with Crippen LogP contribution >= 0.6 is 34.8 Å². The number of methoxy groups -OCH3 is 1. The maximum atomic E-state index is 6.47. The lowest BCUT2D eigenvalue weighted by Gasteiger charge is -2.15. The summed E-state index contributed by atoms with van der Waals surface area (Å²) in [5.74, 6) is 1.03. The van der Waals surface area contributed by atoms with E-state index in [2.05, 4.69) is 36.5 Å². The van der Waals surface area contributed by atoms with Gasteiger partial charge in [-0.25, -0.2) is 0 Å². The average Bonchev–Trinajstić information content (AvgIpc) is 2.70.